The van der Waals surface area contributed by atoms with E-state index in [9.17, 15) is 0 Å². The van der Waals surface area contributed by atoms with Gasteiger partial charge in [-0.1, -0.05) is 6.07 Å². The third-order valence-corrected chi connectivity index (χ3v) is 4.50. The number of anilines is 2. The smallest absolute Gasteiger partial charge is 0.188 e. The first-order chi connectivity index (χ1) is 9.79. The number of nitrogens with one attached hydrogen (secondary N) is 1. The molecule has 0 unspecified atom stereocenters. The lowest BCUT2D eigenvalue weighted by molar-refractivity contribution is 0.218. The van der Waals surface area contributed by atoms with E-state index < -0.39 is 0 Å². The van der Waals surface area contributed by atoms with Crippen molar-refractivity contribution in [1.29, 1.82) is 0 Å². The zero-order chi connectivity index (χ0) is 13.8. The maximum absolute atomic E-state index is 4.70. The molecule has 1 N–H and O–H groups in total. The molecular weight excluding hydrogens is 268 g/mol. The van der Waals surface area contributed by atoms with Crippen LogP contribution in [0, 0.1) is 5.92 Å². The van der Waals surface area contributed by atoms with Crippen LogP contribution in [0.15, 0.2) is 29.8 Å². The van der Waals surface area contributed by atoms with E-state index >= 15 is 0 Å². The lowest BCUT2D eigenvalue weighted by Crippen LogP contribution is -2.31. The van der Waals surface area contributed by atoms with Crippen molar-refractivity contribution in [2.75, 3.05) is 25.5 Å². The maximum Gasteiger partial charge on any atom is 0.188 e. The summed E-state index contributed by atoms with van der Waals surface area (Å²) in [6.07, 6.45) is 5.45. The molecule has 0 amide bonds. The molecule has 1 aliphatic rings. The summed E-state index contributed by atoms with van der Waals surface area (Å²) in [6.45, 7) is 2.42. The van der Waals surface area contributed by atoms with Crippen LogP contribution < -0.4 is 5.32 Å². The van der Waals surface area contributed by atoms with Crippen LogP contribution in [0.3, 0.4) is 0 Å². The fourth-order valence-corrected chi connectivity index (χ4v) is 3.16. The molecule has 1 saturated heterocycles. The van der Waals surface area contributed by atoms with Crippen LogP contribution in [-0.2, 0) is 6.42 Å². The zero-order valence-corrected chi connectivity index (χ0v) is 12.6. The fourth-order valence-electron chi connectivity index (χ4n) is 2.62. The van der Waals surface area contributed by atoms with Gasteiger partial charge in [-0.15, -0.1) is 11.3 Å². The van der Waals surface area contributed by atoms with Crippen LogP contribution >= 0.6 is 11.3 Å². The van der Waals surface area contributed by atoms with Gasteiger partial charge in [-0.3, -0.25) is 0 Å². The van der Waals surface area contributed by atoms with E-state index in [0.29, 0.717) is 0 Å². The van der Waals surface area contributed by atoms with Gasteiger partial charge in [0.1, 0.15) is 5.82 Å². The number of rotatable bonds is 4. The van der Waals surface area contributed by atoms with Gasteiger partial charge in [0.25, 0.3) is 0 Å². The lowest BCUT2D eigenvalue weighted by Gasteiger charge is -2.28. The van der Waals surface area contributed by atoms with Gasteiger partial charge in [-0.2, -0.15) is 0 Å². The van der Waals surface area contributed by atoms with E-state index in [4.69, 9.17) is 4.98 Å². The molecule has 0 spiro atoms. The summed E-state index contributed by atoms with van der Waals surface area (Å²) >= 11 is 1.59. The monoisotopic (exact) mass is 288 g/mol. The van der Waals surface area contributed by atoms with Crippen LogP contribution in [0.2, 0.25) is 0 Å². The molecule has 0 radical (unpaired) electrons. The van der Waals surface area contributed by atoms with Crippen molar-refractivity contribution in [3.05, 3.63) is 35.5 Å². The van der Waals surface area contributed by atoms with Crippen molar-refractivity contribution in [2.24, 2.45) is 5.92 Å². The van der Waals surface area contributed by atoms with Crippen LogP contribution in [0.4, 0.5) is 10.9 Å². The molecule has 5 heteroatoms. The first kappa shape index (κ1) is 13.5. The van der Waals surface area contributed by atoms with Crippen molar-refractivity contribution in [1.82, 2.24) is 14.9 Å². The number of hydrogen-bond donors (Lipinski definition) is 1. The van der Waals surface area contributed by atoms with Gasteiger partial charge < -0.3 is 10.2 Å². The minimum absolute atomic E-state index is 0.772. The number of aromatic nitrogens is 2. The molecule has 0 saturated carbocycles. The van der Waals surface area contributed by atoms with Gasteiger partial charge >= 0.3 is 0 Å². The van der Waals surface area contributed by atoms with Crippen LogP contribution in [0.25, 0.3) is 0 Å². The molecule has 2 aromatic rings. The second-order valence-electron chi connectivity index (χ2n) is 5.43. The van der Waals surface area contributed by atoms with Gasteiger partial charge in [0.2, 0.25) is 0 Å². The second kappa shape index (κ2) is 6.33. The SMILES string of the molecule is CN1CCC(Cc2cccc(Nc3nccs3)n2)CC1. The molecule has 3 heterocycles. The Bertz CT molecular complexity index is 533. The first-order valence-corrected chi connectivity index (χ1v) is 7.98. The molecule has 2 aromatic heterocycles. The summed E-state index contributed by atoms with van der Waals surface area (Å²) in [5.41, 5.74) is 1.18. The predicted octanol–water partition coefficient (Wildman–Crippen LogP) is 3.17. The van der Waals surface area contributed by atoms with Gasteiger partial charge in [0, 0.05) is 17.3 Å². The Morgan fingerprint density at radius 1 is 1.35 bits per heavy atom. The van der Waals surface area contributed by atoms with Crippen molar-refractivity contribution in [2.45, 2.75) is 19.3 Å². The Morgan fingerprint density at radius 2 is 2.20 bits per heavy atom. The van der Waals surface area contributed by atoms with Crippen LogP contribution in [0.1, 0.15) is 18.5 Å². The summed E-state index contributed by atoms with van der Waals surface area (Å²) in [5, 5.41) is 6.12. The average Bonchev–Trinajstić information content (AvgIpc) is 2.95. The first-order valence-electron chi connectivity index (χ1n) is 7.10. The van der Waals surface area contributed by atoms with Crippen molar-refractivity contribution < 1.29 is 0 Å². The Morgan fingerprint density at radius 3 is 2.95 bits per heavy atom. The van der Waals surface area contributed by atoms with E-state index in [2.05, 4.69) is 34.4 Å². The van der Waals surface area contributed by atoms with Crippen LogP contribution in [0.5, 0.6) is 0 Å². The Kier molecular flexibility index (Phi) is 4.28. The highest BCUT2D eigenvalue weighted by Gasteiger charge is 2.17. The number of hydrogen-bond acceptors (Lipinski definition) is 5. The Hall–Kier alpha value is -1.46. The van der Waals surface area contributed by atoms with Crippen molar-refractivity contribution in [3.8, 4) is 0 Å². The molecule has 20 heavy (non-hydrogen) atoms. The van der Waals surface area contributed by atoms with Gasteiger partial charge in [-0.05, 0) is 57.5 Å². The molecule has 0 bridgehead atoms. The molecule has 0 aliphatic carbocycles. The van der Waals surface area contributed by atoms with Gasteiger partial charge in [-0.25, -0.2) is 9.97 Å². The van der Waals surface area contributed by atoms with Gasteiger partial charge in [0.15, 0.2) is 5.13 Å². The Labute approximate surface area is 123 Å². The number of nitrogens with zero attached hydrogens (tertiary/aromatic N) is 3. The van der Waals surface area contributed by atoms with Crippen molar-refractivity contribution >= 4 is 22.3 Å². The molecule has 0 aromatic carbocycles. The highest BCUT2D eigenvalue weighted by Crippen LogP contribution is 2.22. The summed E-state index contributed by atoms with van der Waals surface area (Å²) in [5.74, 6) is 1.67. The zero-order valence-electron chi connectivity index (χ0n) is 11.7. The highest BCUT2D eigenvalue weighted by atomic mass is 32.1. The van der Waals surface area contributed by atoms with Crippen LogP contribution in [-0.4, -0.2) is 35.0 Å². The Balaban J connectivity index is 1.62. The number of thiazole rings is 1. The largest absolute Gasteiger partial charge is 0.316 e. The molecular formula is C15H20N4S. The molecule has 4 nitrogen and oxygen atoms in total. The molecule has 1 aliphatic heterocycles. The summed E-state index contributed by atoms with van der Waals surface area (Å²) in [6, 6.07) is 6.21. The van der Waals surface area contributed by atoms with Crippen molar-refractivity contribution in [3.63, 3.8) is 0 Å². The third-order valence-electron chi connectivity index (χ3n) is 3.81. The lowest BCUT2D eigenvalue weighted by atomic mass is 9.92. The standard InChI is InChI=1S/C15H20N4S/c1-19-8-5-12(6-9-19)11-13-3-2-4-14(17-13)18-15-16-7-10-20-15/h2-4,7,10,12H,5-6,8-9,11H2,1H3,(H,16,17,18). The quantitative estimate of drug-likeness (QED) is 0.938. The molecule has 0 atom stereocenters. The normalized spacial score (nSPS) is 17.2. The third kappa shape index (κ3) is 3.55. The maximum atomic E-state index is 4.70. The fraction of sp³-hybridized carbons (Fsp3) is 0.467. The minimum atomic E-state index is 0.772. The van der Waals surface area contributed by atoms with E-state index in [1.54, 1.807) is 17.5 Å². The molecule has 1 fully saturated rings. The number of pyridine rings is 1. The number of piperidine rings is 1. The average molecular weight is 288 g/mol. The van der Waals surface area contributed by atoms with E-state index in [1.165, 1.54) is 31.6 Å². The summed E-state index contributed by atoms with van der Waals surface area (Å²) < 4.78 is 0. The highest BCUT2D eigenvalue weighted by molar-refractivity contribution is 7.13. The molecule has 106 valence electrons. The second-order valence-corrected chi connectivity index (χ2v) is 6.32. The molecule has 3 rings (SSSR count). The minimum Gasteiger partial charge on any atom is -0.316 e. The van der Waals surface area contributed by atoms with E-state index in [-0.39, 0.29) is 0 Å². The summed E-state index contributed by atoms with van der Waals surface area (Å²) in [7, 11) is 2.20. The number of likely N-dealkylation sites (tertiary alicyclic amines) is 1. The van der Waals surface area contributed by atoms with E-state index in [1.807, 2.05) is 11.4 Å². The predicted molar refractivity (Wildman–Crippen MR) is 83.6 cm³/mol. The van der Waals surface area contributed by atoms with E-state index in [0.717, 1.165) is 23.3 Å². The topological polar surface area (TPSA) is 41.0 Å². The van der Waals surface area contributed by atoms with Gasteiger partial charge in [0.05, 0.1) is 0 Å². The summed E-state index contributed by atoms with van der Waals surface area (Å²) in [4.78, 5) is 11.3.